The Morgan fingerprint density at radius 2 is 1.82 bits per heavy atom. The van der Waals surface area contributed by atoms with Gasteiger partial charge in [0.25, 0.3) is 0 Å². The molecule has 3 rings (SSSR count). The zero-order valence-corrected chi connectivity index (χ0v) is 11.6. The molecule has 0 atom stereocenters. The van der Waals surface area contributed by atoms with Crippen LogP contribution in [0.3, 0.4) is 0 Å². The number of rotatable bonds is 4. The van der Waals surface area contributed by atoms with E-state index in [1.54, 1.807) is 30.5 Å². The molecule has 5 heteroatoms. The first-order valence-electron chi connectivity index (χ1n) is 6.74. The summed E-state index contributed by atoms with van der Waals surface area (Å²) in [5.41, 5.74) is 2.33. The molecule has 0 unspecified atom stereocenters. The smallest absolute Gasteiger partial charge is 0.228 e. The average Bonchev–Trinajstić information content (AvgIpc) is 3.05. The van der Waals surface area contributed by atoms with Gasteiger partial charge < -0.3 is 9.73 Å². The Morgan fingerprint density at radius 3 is 2.45 bits per heavy atom. The van der Waals surface area contributed by atoms with Crippen LogP contribution in [0.15, 0.2) is 65.5 Å². The summed E-state index contributed by atoms with van der Waals surface area (Å²) < 4.78 is 18.0. The standard InChI is InChI=1S/C17H13FN2O2/c18-14-5-1-12(2-6-14)9-17(21)20-15-7-3-13(4-8-15)16-10-19-11-22-16/h1-8,10-11H,9H2,(H,20,21). The van der Waals surface area contributed by atoms with Crippen molar-refractivity contribution in [2.45, 2.75) is 6.42 Å². The van der Waals surface area contributed by atoms with Crippen LogP contribution in [0.25, 0.3) is 11.3 Å². The van der Waals surface area contributed by atoms with Crippen molar-refractivity contribution in [3.05, 3.63) is 72.5 Å². The minimum absolute atomic E-state index is 0.154. The third-order valence-corrected chi connectivity index (χ3v) is 3.16. The number of benzene rings is 2. The lowest BCUT2D eigenvalue weighted by molar-refractivity contribution is -0.115. The zero-order valence-electron chi connectivity index (χ0n) is 11.6. The Bertz CT molecular complexity index is 750. The number of anilines is 1. The molecule has 0 radical (unpaired) electrons. The van der Waals surface area contributed by atoms with E-state index >= 15 is 0 Å². The number of aromatic nitrogens is 1. The number of carbonyl (C=O) groups excluding carboxylic acids is 1. The monoisotopic (exact) mass is 296 g/mol. The summed E-state index contributed by atoms with van der Waals surface area (Å²) in [5, 5.41) is 2.80. The van der Waals surface area contributed by atoms with Gasteiger partial charge in [0, 0.05) is 11.3 Å². The van der Waals surface area contributed by atoms with Gasteiger partial charge in [-0.1, -0.05) is 12.1 Å². The molecule has 0 saturated heterocycles. The predicted molar refractivity (Wildman–Crippen MR) is 80.7 cm³/mol. The van der Waals surface area contributed by atoms with Crippen LogP contribution in [-0.2, 0) is 11.2 Å². The van der Waals surface area contributed by atoms with Gasteiger partial charge in [0.15, 0.2) is 12.2 Å². The number of halogens is 1. The van der Waals surface area contributed by atoms with E-state index in [1.807, 2.05) is 12.1 Å². The van der Waals surface area contributed by atoms with E-state index in [4.69, 9.17) is 4.42 Å². The van der Waals surface area contributed by atoms with Crippen molar-refractivity contribution in [2.75, 3.05) is 5.32 Å². The van der Waals surface area contributed by atoms with E-state index in [0.717, 1.165) is 11.1 Å². The van der Waals surface area contributed by atoms with Crippen molar-refractivity contribution >= 4 is 11.6 Å². The highest BCUT2D eigenvalue weighted by Crippen LogP contribution is 2.20. The molecule has 0 saturated carbocycles. The quantitative estimate of drug-likeness (QED) is 0.799. The highest BCUT2D eigenvalue weighted by atomic mass is 19.1. The fraction of sp³-hybridized carbons (Fsp3) is 0.0588. The van der Waals surface area contributed by atoms with Crippen molar-refractivity contribution < 1.29 is 13.6 Å². The summed E-state index contributed by atoms with van der Waals surface area (Å²) >= 11 is 0. The van der Waals surface area contributed by atoms with E-state index in [9.17, 15) is 9.18 Å². The topological polar surface area (TPSA) is 55.1 Å². The molecule has 0 spiro atoms. The fourth-order valence-corrected chi connectivity index (χ4v) is 2.07. The van der Waals surface area contributed by atoms with Crippen LogP contribution in [0.1, 0.15) is 5.56 Å². The minimum Gasteiger partial charge on any atom is -0.444 e. The molecule has 2 aromatic carbocycles. The van der Waals surface area contributed by atoms with E-state index in [2.05, 4.69) is 10.3 Å². The number of amides is 1. The third kappa shape index (κ3) is 3.38. The van der Waals surface area contributed by atoms with Gasteiger partial charge in [0.2, 0.25) is 5.91 Å². The normalized spacial score (nSPS) is 10.4. The second-order valence-electron chi connectivity index (χ2n) is 4.79. The molecule has 22 heavy (non-hydrogen) atoms. The van der Waals surface area contributed by atoms with Crippen LogP contribution in [0.2, 0.25) is 0 Å². The fourth-order valence-electron chi connectivity index (χ4n) is 2.07. The molecular formula is C17H13FN2O2. The Balaban J connectivity index is 1.63. The van der Waals surface area contributed by atoms with Gasteiger partial charge in [-0.2, -0.15) is 0 Å². The van der Waals surface area contributed by atoms with Crippen LogP contribution < -0.4 is 5.32 Å². The van der Waals surface area contributed by atoms with Gasteiger partial charge in [0.05, 0.1) is 12.6 Å². The molecule has 0 aliphatic rings. The lowest BCUT2D eigenvalue weighted by atomic mass is 10.1. The summed E-state index contributed by atoms with van der Waals surface area (Å²) in [5.74, 6) is 0.204. The first kappa shape index (κ1) is 14.0. The molecule has 1 amide bonds. The van der Waals surface area contributed by atoms with Crippen molar-refractivity contribution in [1.29, 1.82) is 0 Å². The van der Waals surface area contributed by atoms with Crippen LogP contribution in [0, 0.1) is 5.82 Å². The lowest BCUT2D eigenvalue weighted by Crippen LogP contribution is -2.14. The number of oxazole rings is 1. The minimum atomic E-state index is -0.313. The lowest BCUT2D eigenvalue weighted by Gasteiger charge is -2.06. The summed E-state index contributed by atoms with van der Waals surface area (Å²) in [6, 6.07) is 13.1. The summed E-state index contributed by atoms with van der Waals surface area (Å²) in [7, 11) is 0. The van der Waals surface area contributed by atoms with Gasteiger partial charge in [0.1, 0.15) is 5.82 Å². The van der Waals surface area contributed by atoms with E-state index in [1.165, 1.54) is 18.5 Å². The summed E-state index contributed by atoms with van der Waals surface area (Å²) in [6.45, 7) is 0. The number of nitrogens with one attached hydrogen (secondary N) is 1. The highest BCUT2D eigenvalue weighted by molar-refractivity contribution is 5.92. The van der Waals surface area contributed by atoms with Gasteiger partial charge >= 0.3 is 0 Å². The molecule has 4 nitrogen and oxygen atoms in total. The Morgan fingerprint density at radius 1 is 1.09 bits per heavy atom. The molecule has 0 fully saturated rings. The molecular weight excluding hydrogens is 283 g/mol. The van der Waals surface area contributed by atoms with E-state index in [-0.39, 0.29) is 18.1 Å². The number of nitrogens with zero attached hydrogens (tertiary/aromatic N) is 1. The number of hydrogen-bond acceptors (Lipinski definition) is 3. The third-order valence-electron chi connectivity index (χ3n) is 3.16. The first-order valence-corrected chi connectivity index (χ1v) is 6.74. The molecule has 0 bridgehead atoms. The predicted octanol–water partition coefficient (Wildman–Crippen LogP) is 3.66. The first-order chi connectivity index (χ1) is 10.7. The van der Waals surface area contributed by atoms with Gasteiger partial charge in [-0.05, 0) is 42.0 Å². The molecule has 0 aliphatic carbocycles. The second-order valence-corrected chi connectivity index (χ2v) is 4.79. The van der Waals surface area contributed by atoms with Crippen molar-refractivity contribution in [1.82, 2.24) is 4.98 Å². The zero-order chi connectivity index (χ0) is 15.4. The average molecular weight is 296 g/mol. The summed E-state index contributed by atoms with van der Waals surface area (Å²) in [6.07, 6.45) is 3.19. The van der Waals surface area contributed by atoms with Gasteiger partial charge in [-0.3, -0.25) is 4.79 Å². The molecule has 0 aliphatic heterocycles. The number of hydrogen-bond donors (Lipinski definition) is 1. The maximum absolute atomic E-state index is 12.8. The van der Waals surface area contributed by atoms with Gasteiger partial charge in [-0.15, -0.1) is 0 Å². The maximum atomic E-state index is 12.8. The molecule has 1 N–H and O–H groups in total. The van der Waals surface area contributed by atoms with E-state index in [0.29, 0.717) is 11.4 Å². The van der Waals surface area contributed by atoms with Crippen LogP contribution in [-0.4, -0.2) is 10.9 Å². The molecule has 1 heterocycles. The molecule has 3 aromatic rings. The van der Waals surface area contributed by atoms with Crippen LogP contribution in [0.5, 0.6) is 0 Å². The number of carbonyl (C=O) groups is 1. The van der Waals surface area contributed by atoms with E-state index < -0.39 is 0 Å². The van der Waals surface area contributed by atoms with Crippen molar-refractivity contribution in [3.8, 4) is 11.3 Å². The van der Waals surface area contributed by atoms with Gasteiger partial charge in [-0.25, -0.2) is 9.37 Å². The largest absolute Gasteiger partial charge is 0.444 e. The maximum Gasteiger partial charge on any atom is 0.228 e. The Kier molecular flexibility index (Phi) is 3.96. The SMILES string of the molecule is O=C(Cc1ccc(F)cc1)Nc1ccc(-c2cnco2)cc1. The highest BCUT2D eigenvalue weighted by Gasteiger charge is 2.06. The molecule has 110 valence electrons. The van der Waals surface area contributed by atoms with Crippen molar-refractivity contribution in [2.24, 2.45) is 0 Å². The van der Waals surface area contributed by atoms with Crippen LogP contribution in [0.4, 0.5) is 10.1 Å². The second kappa shape index (κ2) is 6.22. The Hall–Kier alpha value is -2.95. The molecule has 1 aromatic heterocycles. The van der Waals surface area contributed by atoms with Crippen LogP contribution >= 0.6 is 0 Å². The Labute approximate surface area is 126 Å². The summed E-state index contributed by atoms with van der Waals surface area (Å²) in [4.78, 5) is 15.8. The van der Waals surface area contributed by atoms with Crippen molar-refractivity contribution in [3.63, 3.8) is 0 Å².